The van der Waals surface area contributed by atoms with Crippen LogP contribution in [-0.4, -0.2) is 40.2 Å². The van der Waals surface area contributed by atoms with E-state index in [9.17, 15) is 8.42 Å². The molecular formula is C18H38O4SSi. The minimum atomic E-state index is -3.45. The Labute approximate surface area is 150 Å². The SMILES string of the molecule is CCCCCCCCCC[C@@H]1O[C@]1([C@H](C)OS(C)(=O)=O)[Si](C)(C)C. The summed E-state index contributed by atoms with van der Waals surface area (Å²) < 4.78 is 34.4. The smallest absolute Gasteiger partial charge is 0.264 e. The van der Waals surface area contributed by atoms with Crippen molar-refractivity contribution >= 4 is 18.2 Å². The van der Waals surface area contributed by atoms with Gasteiger partial charge in [0.05, 0.1) is 20.4 Å². The molecule has 0 saturated carbocycles. The van der Waals surface area contributed by atoms with Crippen molar-refractivity contribution in [3.63, 3.8) is 0 Å². The summed E-state index contributed by atoms with van der Waals surface area (Å²) in [5, 5.41) is -0.350. The number of epoxide rings is 1. The Morgan fingerprint density at radius 1 is 1.04 bits per heavy atom. The highest BCUT2D eigenvalue weighted by Gasteiger charge is 2.67. The quantitative estimate of drug-likeness (QED) is 0.198. The van der Waals surface area contributed by atoms with Crippen LogP contribution in [0.1, 0.15) is 71.6 Å². The first-order valence-electron chi connectivity index (χ1n) is 9.60. The van der Waals surface area contributed by atoms with Crippen molar-refractivity contribution < 1.29 is 17.3 Å². The van der Waals surface area contributed by atoms with Crippen molar-refractivity contribution in [1.29, 1.82) is 0 Å². The fourth-order valence-corrected chi connectivity index (χ4v) is 7.54. The van der Waals surface area contributed by atoms with E-state index in [-0.39, 0.29) is 11.3 Å². The van der Waals surface area contributed by atoms with Gasteiger partial charge < -0.3 is 4.74 Å². The van der Waals surface area contributed by atoms with Crippen molar-refractivity contribution in [2.75, 3.05) is 6.26 Å². The molecular weight excluding hydrogens is 340 g/mol. The molecule has 0 radical (unpaired) electrons. The van der Waals surface area contributed by atoms with E-state index < -0.39 is 24.3 Å². The van der Waals surface area contributed by atoms with E-state index in [2.05, 4.69) is 26.6 Å². The maximum Gasteiger partial charge on any atom is 0.264 e. The lowest BCUT2D eigenvalue weighted by Gasteiger charge is -2.31. The number of hydrogen-bond donors (Lipinski definition) is 0. The molecule has 144 valence electrons. The molecule has 0 aromatic heterocycles. The van der Waals surface area contributed by atoms with Crippen LogP contribution in [0.15, 0.2) is 0 Å². The molecule has 1 saturated heterocycles. The molecule has 1 heterocycles. The van der Waals surface area contributed by atoms with Crippen LogP contribution in [0.5, 0.6) is 0 Å². The summed E-state index contributed by atoms with van der Waals surface area (Å²) in [6.07, 6.45) is 12.3. The monoisotopic (exact) mass is 378 g/mol. The van der Waals surface area contributed by atoms with Crippen LogP contribution in [0.4, 0.5) is 0 Å². The molecule has 0 amide bonds. The molecule has 0 unspecified atom stereocenters. The standard InChI is InChI=1S/C18H38O4SSi/c1-7-8-9-10-11-12-13-14-15-17-18(21-17,24(4,5)6)16(2)22-23(3,19)20/h16-17H,7-15H2,1-6H3/t16-,17-,18+/m0/s1. The van der Waals surface area contributed by atoms with E-state index in [1.54, 1.807) is 0 Å². The van der Waals surface area contributed by atoms with Gasteiger partial charge in [0, 0.05) is 0 Å². The zero-order valence-corrected chi connectivity index (χ0v) is 18.4. The molecule has 1 fully saturated rings. The second-order valence-corrected chi connectivity index (χ2v) is 15.2. The van der Waals surface area contributed by atoms with E-state index in [4.69, 9.17) is 8.92 Å². The normalized spacial score (nSPS) is 25.7. The summed E-state index contributed by atoms with van der Waals surface area (Å²) in [6, 6.07) is 0. The van der Waals surface area contributed by atoms with Crippen molar-refractivity contribution in [3.05, 3.63) is 0 Å². The van der Waals surface area contributed by atoms with E-state index in [0.717, 1.165) is 19.1 Å². The minimum Gasteiger partial charge on any atom is -0.367 e. The number of rotatable bonds is 13. The number of ether oxygens (including phenoxy) is 1. The Bertz CT molecular complexity index is 472. The van der Waals surface area contributed by atoms with Gasteiger partial charge in [-0.1, -0.05) is 77.9 Å². The van der Waals surface area contributed by atoms with Crippen LogP contribution >= 0.6 is 0 Å². The summed E-state index contributed by atoms with van der Waals surface area (Å²) in [5.41, 5.74) is 0. The highest BCUT2D eigenvalue weighted by molar-refractivity contribution is 7.86. The van der Waals surface area contributed by atoms with Gasteiger partial charge in [-0.3, -0.25) is 4.18 Å². The van der Waals surface area contributed by atoms with Gasteiger partial charge in [0.1, 0.15) is 11.3 Å². The lowest BCUT2D eigenvalue weighted by Crippen LogP contribution is -2.52. The molecule has 1 aliphatic heterocycles. The molecule has 0 bridgehead atoms. The van der Waals surface area contributed by atoms with E-state index in [1.165, 1.54) is 44.9 Å². The molecule has 6 heteroatoms. The first-order valence-corrected chi connectivity index (χ1v) is 14.9. The zero-order valence-electron chi connectivity index (χ0n) is 16.6. The Morgan fingerprint density at radius 2 is 1.54 bits per heavy atom. The second-order valence-electron chi connectivity index (χ2n) is 8.36. The van der Waals surface area contributed by atoms with Gasteiger partial charge in [0.2, 0.25) is 0 Å². The average molecular weight is 379 g/mol. The maximum absolute atomic E-state index is 11.5. The molecule has 1 aliphatic rings. The van der Waals surface area contributed by atoms with Crippen LogP contribution in [0.25, 0.3) is 0 Å². The first-order chi connectivity index (χ1) is 11.0. The summed E-state index contributed by atoms with van der Waals surface area (Å²) in [7, 11) is -5.15. The van der Waals surface area contributed by atoms with Crippen molar-refractivity contribution in [1.82, 2.24) is 0 Å². The zero-order chi connectivity index (χ0) is 18.4. The molecule has 1 rings (SSSR count). The molecule has 4 nitrogen and oxygen atoms in total. The maximum atomic E-state index is 11.5. The minimum absolute atomic E-state index is 0.168. The van der Waals surface area contributed by atoms with Crippen LogP contribution < -0.4 is 0 Å². The largest absolute Gasteiger partial charge is 0.367 e. The Morgan fingerprint density at radius 3 is 2.00 bits per heavy atom. The van der Waals surface area contributed by atoms with Crippen molar-refractivity contribution in [2.45, 2.75) is 109 Å². The van der Waals surface area contributed by atoms with Gasteiger partial charge in [-0.15, -0.1) is 0 Å². The third-order valence-electron chi connectivity index (χ3n) is 5.17. The lowest BCUT2D eigenvalue weighted by atomic mass is 10.0. The van der Waals surface area contributed by atoms with E-state index in [0.29, 0.717) is 0 Å². The molecule has 0 spiro atoms. The lowest BCUT2D eigenvalue weighted by molar-refractivity contribution is 0.157. The van der Waals surface area contributed by atoms with Crippen molar-refractivity contribution in [3.8, 4) is 0 Å². The van der Waals surface area contributed by atoms with Crippen LogP contribution in [0.3, 0.4) is 0 Å². The fourth-order valence-electron chi connectivity index (χ4n) is 3.90. The fraction of sp³-hybridized carbons (Fsp3) is 1.00. The van der Waals surface area contributed by atoms with Crippen LogP contribution in [0, 0.1) is 0 Å². The van der Waals surface area contributed by atoms with Gasteiger partial charge in [-0.2, -0.15) is 8.42 Å². The highest BCUT2D eigenvalue weighted by Crippen LogP contribution is 2.50. The van der Waals surface area contributed by atoms with Gasteiger partial charge in [0.25, 0.3) is 10.1 Å². The van der Waals surface area contributed by atoms with E-state index >= 15 is 0 Å². The second kappa shape index (κ2) is 9.15. The van der Waals surface area contributed by atoms with Gasteiger partial charge in [0.15, 0.2) is 0 Å². The molecule has 24 heavy (non-hydrogen) atoms. The summed E-state index contributed by atoms with van der Waals surface area (Å²) in [5.74, 6) is 0. The Balaban J connectivity index is 2.39. The number of hydrogen-bond acceptors (Lipinski definition) is 4. The van der Waals surface area contributed by atoms with E-state index in [1.807, 2.05) is 6.92 Å². The van der Waals surface area contributed by atoms with Crippen molar-refractivity contribution in [2.24, 2.45) is 0 Å². The topological polar surface area (TPSA) is 55.9 Å². The summed E-state index contributed by atoms with van der Waals surface area (Å²) in [4.78, 5) is 0. The van der Waals surface area contributed by atoms with Crippen LogP contribution in [0.2, 0.25) is 19.6 Å². The first kappa shape index (κ1) is 22.1. The van der Waals surface area contributed by atoms with Gasteiger partial charge in [-0.25, -0.2) is 0 Å². The molecule has 0 aromatic carbocycles. The van der Waals surface area contributed by atoms with Gasteiger partial charge >= 0.3 is 0 Å². The molecule has 0 N–H and O–H groups in total. The Hall–Kier alpha value is 0.0869. The summed E-state index contributed by atoms with van der Waals surface area (Å²) >= 11 is 0. The Kier molecular flexibility index (Phi) is 8.43. The highest BCUT2D eigenvalue weighted by atomic mass is 32.2. The third kappa shape index (κ3) is 6.43. The number of unbranched alkanes of at least 4 members (excludes halogenated alkanes) is 7. The predicted molar refractivity (Wildman–Crippen MR) is 104 cm³/mol. The molecule has 0 aromatic rings. The summed E-state index contributed by atoms with van der Waals surface area (Å²) in [6.45, 7) is 10.8. The van der Waals surface area contributed by atoms with Gasteiger partial charge in [-0.05, 0) is 13.3 Å². The third-order valence-corrected chi connectivity index (χ3v) is 9.00. The predicted octanol–water partition coefficient (Wildman–Crippen LogP) is 4.90. The van der Waals surface area contributed by atoms with Crippen LogP contribution in [-0.2, 0) is 19.0 Å². The molecule has 3 atom stereocenters. The average Bonchev–Trinajstić information content (AvgIpc) is 3.15. The molecule has 0 aliphatic carbocycles.